The molecule has 2 heterocycles. The van der Waals surface area contributed by atoms with Crippen molar-refractivity contribution in [3.05, 3.63) is 34.4 Å². The lowest BCUT2D eigenvalue weighted by Gasteiger charge is -2.34. The number of benzene rings is 1. The van der Waals surface area contributed by atoms with E-state index in [-0.39, 0.29) is 18.6 Å². The van der Waals surface area contributed by atoms with Crippen LogP contribution in [0.15, 0.2) is 23.8 Å². The van der Waals surface area contributed by atoms with Crippen molar-refractivity contribution < 1.29 is 19.1 Å². The van der Waals surface area contributed by atoms with Gasteiger partial charge in [0.2, 0.25) is 0 Å². The van der Waals surface area contributed by atoms with E-state index in [2.05, 4.69) is 0 Å². The highest BCUT2D eigenvalue weighted by atomic mass is 35.5. The number of fused-ring (bicyclic) bond motifs is 1. The van der Waals surface area contributed by atoms with Gasteiger partial charge < -0.3 is 19.3 Å². The molecule has 24 heavy (non-hydrogen) atoms. The van der Waals surface area contributed by atoms with Gasteiger partial charge in [-0.05, 0) is 31.2 Å². The van der Waals surface area contributed by atoms with Gasteiger partial charge in [-0.1, -0.05) is 11.6 Å². The summed E-state index contributed by atoms with van der Waals surface area (Å²) < 4.78 is 10.6. The van der Waals surface area contributed by atoms with Gasteiger partial charge in [-0.3, -0.25) is 4.79 Å². The monoisotopic (exact) mass is 350 g/mol. The first kappa shape index (κ1) is 16.6. The molecule has 2 aliphatic rings. The lowest BCUT2D eigenvalue weighted by molar-refractivity contribution is -0.129. The van der Waals surface area contributed by atoms with Gasteiger partial charge in [-0.15, -0.1) is 0 Å². The molecule has 7 heteroatoms. The van der Waals surface area contributed by atoms with Gasteiger partial charge in [-0.2, -0.15) is 0 Å². The summed E-state index contributed by atoms with van der Waals surface area (Å²) in [5, 5.41) is 0.602. The van der Waals surface area contributed by atoms with Gasteiger partial charge in [-0.25, -0.2) is 4.79 Å². The van der Waals surface area contributed by atoms with Crippen molar-refractivity contribution in [2.45, 2.75) is 6.92 Å². The minimum Gasteiger partial charge on any atom is -0.488 e. The fraction of sp³-hybridized carbons (Fsp3) is 0.412. The molecule has 0 atom stereocenters. The number of carbonyl (C=O) groups is 2. The van der Waals surface area contributed by atoms with Crippen LogP contribution in [0.3, 0.4) is 0 Å². The average Bonchev–Trinajstić information content (AvgIpc) is 2.60. The number of ether oxygens (including phenoxy) is 2. The molecule has 0 unspecified atom stereocenters. The molecule has 3 rings (SSSR count). The Morgan fingerprint density at radius 1 is 1.21 bits per heavy atom. The van der Waals surface area contributed by atoms with Crippen molar-refractivity contribution in [1.29, 1.82) is 0 Å². The molecular weight excluding hydrogens is 332 g/mol. The Labute approximate surface area is 145 Å². The van der Waals surface area contributed by atoms with Crippen LogP contribution >= 0.6 is 11.6 Å². The van der Waals surface area contributed by atoms with Crippen molar-refractivity contribution >= 4 is 29.7 Å². The molecule has 2 amide bonds. The summed E-state index contributed by atoms with van der Waals surface area (Å²) >= 11 is 5.99. The van der Waals surface area contributed by atoms with Crippen molar-refractivity contribution in [2.24, 2.45) is 0 Å². The molecule has 1 aromatic carbocycles. The molecule has 0 saturated carbocycles. The standard InChI is InChI=1S/C17H19ClN2O4/c1-2-23-17(22)20-7-5-19(6-8-20)16(21)13-9-12-10-14(18)3-4-15(12)24-11-13/h3-4,9-10H,2,5-8,11H2,1H3. The third-order valence-electron chi connectivity index (χ3n) is 4.05. The number of hydrogen-bond donors (Lipinski definition) is 0. The Morgan fingerprint density at radius 3 is 2.62 bits per heavy atom. The maximum absolute atomic E-state index is 12.7. The molecule has 0 radical (unpaired) electrons. The largest absolute Gasteiger partial charge is 0.488 e. The molecule has 1 saturated heterocycles. The molecule has 0 aliphatic carbocycles. The highest BCUT2D eigenvalue weighted by Gasteiger charge is 2.28. The second kappa shape index (κ2) is 7.13. The van der Waals surface area contributed by atoms with Crippen LogP contribution in [0.1, 0.15) is 12.5 Å². The first-order valence-corrected chi connectivity index (χ1v) is 8.30. The number of hydrogen-bond acceptors (Lipinski definition) is 4. The van der Waals surface area contributed by atoms with Gasteiger partial charge >= 0.3 is 6.09 Å². The molecule has 1 fully saturated rings. The summed E-state index contributed by atoms with van der Waals surface area (Å²) in [5.41, 5.74) is 1.40. The lowest BCUT2D eigenvalue weighted by Crippen LogP contribution is -2.51. The van der Waals surface area contributed by atoms with Gasteiger partial charge in [0.15, 0.2) is 0 Å². The van der Waals surface area contributed by atoms with Gasteiger partial charge in [0.05, 0.1) is 12.2 Å². The summed E-state index contributed by atoms with van der Waals surface area (Å²) in [6, 6.07) is 5.34. The van der Waals surface area contributed by atoms with E-state index in [4.69, 9.17) is 21.1 Å². The second-order valence-corrected chi connectivity index (χ2v) is 6.06. The zero-order chi connectivity index (χ0) is 17.1. The zero-order valence-corrected chi connectivity index (χ0v) is 14.2. The highest BCUT2D eigenvalue weighted by Crippen LogP contribution is 2.29. The average molecular weight is 351 g/mol. The van der Waals surface area contributed by atoms with Crippen LogP contribution in [0.4, 0.5) is 4.79 Å². The molecule has 0 aromatic heterocycles. The molecule has 128 valence electrons. The number of carbonyl (C=O) groups excluding carboxylic acids is 2. The Hall–Kier alpha value is -2.21. The van der Waals surface area contributed by atoms with E-state index < -0.39 is 0 Å². The molecule has 0 N–H and O–H groups in total. The fourth-order valence-electron chi connectivity index (χ4n) is 2.78. The summed E-state index contributed by atoms with van der Waals surface area (Å²) in [6.45, 7) is 4.28. The molecule has 1 aromatic rings. The lowest BCUT2D eigenvalue weighted by atomic mass is 10.1. The first-order valence-electron chi connectivity index (χ1n) is 7.92. The number of halogens is 1. The summed E-state index contributed by atoms with van der Waals surface area (Å²) in [5.74, 6) is 0.659. The van der Waals surface area contributed by atoms with Gasteiger partial charge in [0, 0.05) is 36.8 Å². The van der Waals surface area contributed by atoms with Crippen LogP contribution in [0, 0.1) is 0 Å². The van der Waals surface area contributed by atoms with E-state index in [1.165, 1.54) is 0 Å². The highest BCUT2D eigenvalue weighted by molar-refractivity contribution is 6.30. The number of nitrogens with zero attached hydrogens (tertiary/aromatic N) is 2. The fourth-order valence-corrected chi connectivity index (χ4v) is 2.96. The van der Waals surface area contributed by atoms with Crippen LogP contribution in [0.25, 0.3) is 6.08 Å². The molecule has 0 spiro atoms. The van der Waals surface area contributed by atoms with E-state index in [0.717, 1.165) is 11.3 Å². The number of piperazine rings is 1. The van der Waals surface area contributed by atoms with Crippen molar-refractivity contribution in [1.82, 2.24) is 9.80 Å². The maximum atomic E-state index is 12.7. The van der Waals surface area contributed by atoms with E-state index in [1.807, 2.05) is 6.08 Å². The van der Waals surface area contributed by atoms with Crippen molar-refractivity contribution in [2.75, 3.05) is 39.4 Å². The summed E-state index contributed by atoms with van der Waals surface area (Å²) in [6.07, 6.45) is 1.50. The van der Waals surface area contributed by atoms with Crippen LogP contribution in [0.5, 0.6) is 5.75 Å². The smallest absolute Gasteiger partial charge is 0.409 e. The minimum atomic E-state index is -0.326. The summed E-state index contributed by atoms with van der Waals surface area (Å²) in [4.78, 5) is 27.7. The van der Waals surface area contributed by atoms with E-state index >= 15 is 0 Å². The van der Waals surface area contributed by atoms with Gasteiger partial charge in [0.1, 0.15) is 12.4 Å². The topological polar surface area (TPSA) is 59.1 Å². The SMILES string of the molecule is CCOC(=O)N1CCN(C(=O)C2=Cc3cc(Cl)ccc3OC2)CC1. The third kappa shape index (κ3) is 3.48. The van der Waals surface area contributed by atoms with Crippen LogP contribution in [-0.2, 0) is 9.53 Å². The van der Waals surface area contributed by atoms with Crippen LogP contribution < -0.4 is 4.74 Å². The van der Waals surface area contributed by atoms with Gasteiger partial charge in [0.25, 0.3) is 5.91 Å². The number of rotatable bonds is 2. The summed E-state index contributed by atoms with van der Waals surface area (Å²) in [7, 11) is 0. The predicted octanol–water partition coefficient (Wildman–Crippen LogP) is 2.42. The zero-order valence-electron chi connectivity index (χ0n) is 13.5. The predicted molar refractivity (Wildman–Crippen MR) is 90.1 cm³/mol. The van der Waals surface area contributed by atoms with E-state index in [1.54, 1.807) is 34.9 Å². The van der Waals surface area contributed by atoms with Crippen LogP contribution in [-0.4, -0.2) is 61.2 Å². The maximum Gasteiger partial charge on any atom is 0.409 e. The Bertz CT molecular complexity index is 681. The molecule has 6 nitrogen and oxygen atoms in total. The number of amides is 2. The van der Waals surface area contributed by atoms with Crippen molar-refractivity contribution in [3.8, 4) is 5.75 Å². The quantitative estimate of drug-likeness (QED) is 0.822. The van der Waals surface area contributed by atoms with E-state index in [9.17, 15) is 9.59 Å². The third-order valence-corrected chi connectivity index (χ3v) is 4.29. The normalized spacial score (nSPS) is 16.8. The minimum absolute atomic E-state index is 0.0656. The van der Waals surface area contributed by atoms with Crippen molar-refractivity contribution in [3.63, 3.8) is 0 Å². The van der Waals surface area contributed by atoms with Crippen LogP contribution in [0.2, 0.25) is 5.02 Å². The first-order chi connectivity index (χ1) is 11.6. The molecule has 2 aliphatic heterocycles. The second-order valence-electron chi connectivity index (χ2n) is 5.62. The Morgan fingerprint density at radius 2 is 1.92 bits per heavy atom. The Balaban J connectivity index is 1.65. The molecule has 0 bridgehead atoms. The van der Waals surface area contributed by atoms with E-state index in [0.29, 0.717) is 43.4 Å². The molecular formula is C17H19ClN2O4. The Kier molecular flexibility index (Phi) is 4.94.